The lowest BCUT2D eigenvalue weighted by Gasteiger charge is -2.20. The molecule has 0 unspecified atom stereocenters. The van der Waals surface area contributed by atoms with Gasteiger partial charge in [0.2, 0.25) is 5.91 Å². The van der Waals surface area contributed by atoms with Crippen molar-refractivity contribution in [3.63, 3.8) is 0 Å². The maximum Gasteiger partial charge on any atom is 0.250 e. The topological polar surface area (TPSA) is 107 Å². The van der Waals surface area contributed by atoms with Crippen LogP contribution in [0.2, 0.25) is 0 Å². The Morgan fingerprint density at radius 1 is 1.35 bits per heavy atom. The minimum Gasteiger partial charge on any atom is -0.366 e. The summed E-state index contributed by atoms with van der Waals surface area (Å²) in [4.78, 5) is 35.1. The summed E-state index contributed by atoms with van der Waals surface area (Å²) in [6.45, 7) is 6.84. The monoisotopic (exact) mass is 351 g/mol. The van der Waals surface area contributed by atoms with Gasteiger partial charge in [0, 0.05) is 42.2 Å². The Bertz CT molecular complexity index is 1050. The smallest absolute Gasteiger partial charge is 0.250 e. The van der Waals surface area contributed by atoms with E-state index in [1.165, 1.54) is 12.1 Å². The molecular weight excluding hydrogens is 330 g/mol. The Hall–Kier alpha value is -3.22. The Kier molecular flexibility index (Phi) is 4.46. The van der Waals surface area contributed by atoms with E-state index >= 15 is 0 Å². The molecule has 0 aliphatic rings. The second kappa shape index (κ2) is 6.59. The summed E-state index contributed by atoms with van der Waals surface area (Å²) in [7, 11) is 0. The molecule has 3 heterocycles. The second-order valence-electron chi connectivity index (χ2n) is 7.38. The fourth-order valence-electron chi connectivity index (χ4n) is 2.67. The van der Waals surface area contributed by atoms with E-state index in [0.717, 1.165) is 11.1 Å². The van der Waals surface area contributed by atoms with E-state index in [4.69, 9.17) is 5.73 Å². The van der Waals surface area contributed by atoms with E-state index in [2.05, 4.69) is 35.7 Å². The van der Waals surface area contributed by atoms with Crippen LogP contribution in [0.15, 0.2) is 41.6 Å². The summed E-state index contributed by atoms with van der Waals surface area (Å²) in [6.07, 6.45) is 8.05. The summed E-state index contributed by atoms with van der Waals surface area (Å²) in [5.74, 6) is -0.530. The molecule has 1 amide bonds. The zero-order valence-corrected chi connectivity index (χ0v) is 15.0. The molecule has 3 aromatic heterocycles. The highest BCUT2D eigenvalue weighted by molar-refractivity contribution is 5.93. The number of primary amides is 1. The van der Waals surface area contributed by atoms with Crippen molar-refractivity contribution in [1.29, 1.82) is 0 Å². The summed E-state index contributed by atoms with van der Waals surface area (Å²) in [5, 5.41) is 0. The first-order valence-corrected chi connectivity index (χ1v) is 8.25. The van der Waals surface area contributed by atoms with Crippen LogP contribution in [0.4, 0.5) is 0 Å². The summed E-state index contributed by atoms with van der Waals surface area (Å²) in [6, 6.07) is 3.28. The number of nitrogens with two attached hydrogens (primary N) is 1. The number of hydrogen-bond acceptors (Lipinski definition) is 4. The van der Waals surface area contributed by atoms with Gasteiger partial charge < -0.3 is 15.3 Å². The van der Waals surface area contributed by atoms with Crippen LogP contribution in [0.5, 0.6) is 0 Å². The second-order valence-corrected chi connectivity index (χ2v) is 7.38. The molecule has 134 valence electrons. The van der Waals surface area contributed by atoms with E-state index in [1.807, 2.05) is 0 Å². The molecule has 0 spiro atoms. The van der Waals surface area contributed by atoms with Crippen molar-refractivity contribution < 1.29 is 4.79 Å². The van der Waals surface area contributed by atoms with Crippen LogP contribution >= 0.6 is 0 Å². The van der Waals surface area contributed by atoms with Gasteiger partial charge in [-0.25, -0.2) is 9.97 Å². The third kappa shape index (κ3) is 3.88. The molecule has 0 radical (unpaired) electrons. The number of carbonyl (C=O) groups is 1. The van der Waals surface area contributed by atoms with Gasteiger partial charge in [-0.3, -0.25) is 9.59 Å². The Morgan fingerprint density at radius 2 is 2.12 bits per heavy atom. The van der Waals surface area contributed by atoms with Crippen LogP contribution in [0.25, 0.3) is 28.5 Å². The lowest BCUT2D eigenvalue weighted by molar-refractivity contribution is -0.113. The van der Waals surface area contributed by atoms with E-state index < -0.39 is 5.91 Å². The Morgan fingerprint density at radius 3 is 2.81 bits per heavy atom. The molecule has 3 N–H and O–H groups in total. The number of rotatable bonds is 4. The summed E-state index contributed by atoms with van der Waals surface area (Å²) in [5.41, 5.74) is 8.49. The third-order valence-corrected chi connectivity index (χ3v) is 3.76. The van der Waals surface area contributed by atoms with Crippen molar-refractivity contribution in [3.05, 3.63) is 52.7 Å². The number of hydrogen-bond donors (Lipinski definition) is 2. The van der Waals surface area contributed by atoms with Gasteiger partial charge in [-0.15, -0.1) is 0 Å². The van der Waals surface area contributed by atoms with Crippen LogP contribution in [-0.2, 0) is 11.3 Å². The van der Waals surface area contributed by atoms with Crippen molar-refractivity contribution in [2.24, 2.45) is 11.1 Å². The molecular formula is C19H21N5O2. The molecule has 0 fully saturated rings. The van der Waals surface area contributed by atoms with Gasteiger partial charge in [0.1, 0.15) is 5.52 Å². The molecule has 0 aromatic carbocycles. The zero-order chi connectivity index (χ0) is 18.9. The number of carbonyl (C=O) groups excluding carboxylic acids is 1. The number of aromatic nitrogens is 4. The van der Waals surface area contributed by atoms with Crippen molar-refractivity contribution in [2.75, 3.05) is 0 Å². The van der Waals surface area contributed by atoms with Gasteiger partial charge in [0.25, 0.3) is 5.56 Å². The number of nitrogens with one attached hydrogen (secondary N) is 1. The van der Waals surface area contributed by atoms with Gasteiger partial charge in [-0.1, -0.05) is 20.8 Å². The first-order chi connectivity index (χ1) is 12.2. The lowest BCUT2D eigenvalue weighted by Crippen LogP contribution is -2.25. The Labute approximate surface area is 150 Å². The highest BCUT2D eigenvalue weighted by Crippen LogP contribution is 2.22. The number of pyridine rings is 1. The van der Waals surface area contributed by atoms with E-state index in [-0.39, 0.29) is 11.0 Å². The van der Waals surface area contributed by atoms with Crippen LogP contribution in [0, 0.1) is 5.41 Å². The predicted octanol–water partition coefficient (Wildman–Crippen LogP) is 2.33. The molecule has 0 saturated carbocycles. The van der Waals surface area contributed by atoms with Crippen LogP contribution in [-0.4, -0.2) is 25.4 Å². The van der Waals surface area contributed by atoms with E-state index in [1.54, 1.807) is 35.3 Å². The highest BCUT2D eigenvalue weighted by atomic mass is 16.1. The summed E-state index contributed by atoms with van der Waals surface area (Å²) >= 11 is 0. The SMILES string of the molecule is CC(C)(C)Cn1cc(-c2cnc3[nH]cc(/C=C/C(N)=O)c3n2)ccc1=O. The third-order valence-electron chi connectivity index (χ3n) is 3.76. The van der Waals surface area contributed by atoms with Crippen molar-refractivity contribution in [3.8, 4) is 11.3 Å². The van der Waals surface area contributed by atoms with Gasteiger partial charge >= 0.3 is 0 Å². The standard InChI is InChI=1S/C19H21N5O2/c1-19(2,3)11-24-10-13(5-7-16(24)26)14-9-22-18-17(23-14)12(8-21-18)4-6-15(20)25/h4-10H,11H2,1-3H3,(H2,20,25)(H,21,22)/b6-4+. The first kappa shape index (κ1) is 17.6. The minimum absolute atomic E-state index is 0.0224. The van der Waals surface area contributed by atoms with E-state index in [9.17, 15) is 9.59 Å². The largest absolute Gasteiger partial charge is 0.366 e. The molecule has 3 rings (SSSR count). The fourth-order valence-corrected chi connectivity index (χ4v) is 2.67. The van der Waals surface area contributed by atoms with Crippen molar-refractivity contribution in [1.82, 2.24) is 19.5 Å². The highest BCUT2D eigenvalue weighted by Gasteiger charge is 2.14. The predicted molar refractivity (Wildman–Crippen MR) is 101 cm³/mol. The molecule has 3 aromatic rings. The van der Waals surface area contributed by atoms with Crippen LogP contribution in [0.1, 0.15) is 26.3 Å². The zero-order valence-electron chi connectivity index (χ0n) is 15.0. The number of aromatic amines is 1. The molecule has 0 saturated heterocycles. The maximum absolute atomic E-state index is 12.1. The average molecular weight is 351 g/mol. The summed E-state index contributed by atoms with van der Waals surface area (Å²) < 4.78 is 1.69. The molecule has 26 heavy (non-hydrogen) atoms. The molecule has 0 atom stereocenters. The maximum atomic E-state index is 12.1. The van der Waals surface area contributed by atoms with Crippen LogP contribution in [0.3, 0.4) is 0 Å². The van der Waals surface area contributed by atoms with Gasteiger partial charge in [0.15, 0.2) is 5.65 Å². The number of amides is 1. The number of fused-ring (bicyclic) bond motifs is 1. The Balaban J connectivity index is 2.05. The molecule has 7 nitrogen and oxygen atoms in total. The van der Waals surface area contributed by atoms with Gasteiger partial charge in [-0.05, 0) is 17.6 Å². The number of H-pyrrole nitrogens is 1. The minimum atomic E-state index is -0.530. The quantitative estimate of drug-likeness (QED) is 0.703. The van der Waals surface area contributed by atoms with Crippen molar-refractivity contribution >= 4 is 23.1 Å². The van der Waals surface area contributed by atoms with Crippen molar-refractivity contribution in [2.45, 2.75) is 27.3 Å². The molecule has 7 heteroatoms. The van der Waals surface area contributed by atoms with E-state index in [0.29, 0.717) is 23.4 Å². The van der Waals surface area contributed by atoms with Gasteiger partial charge in [-0.2, -0.15) is 0 Å². The molecule has 0 aliphatic carbocycles. The number of nitrogens with zero attached hydrogens (tertiary/aromatic N) is 3. The average Bonchev–Trinajstić information content (AvgIpc) is 2.96. The molecule has 0 aliphatic heterocycles. The normalized spacial score (nSPS) is 12.1. The van der Waals surface area contributed by atoms with Gasteiger partial charge in [0.05, 0.1) is 11.9 Å². The molecule has 0 bridgehead atoms. The first-order valence-electron chi connectivity index (χ1n) is 8.25. The van der Waals surface area contributed by atoms with Crippen LogP contribution < -0.4 is 11.3 Å². The lowest BCUT2D eigenvalue weighted by atomic mass is 9.97. The fraction of sp³-hybridized carbons (Fsp3) is 0.263.